The molecule has 3 aromatic rings. The van der Waals surface area contributed by atoms with Crippen LogP contribution >= 0.6 is 0 Å². The van der Waals surface area contributed by atoms with Crippen LogP contribution in [0.1, 0.15) is 5.56 Å². The van der Waals surface area contributed by atoms with Crippen LogP contribution in [-0.4, -0.2) is 29.0 Å². The average Bonchev–Trinajstić information content (AvgIpc) is 3.01. The minimum Gasteiger partial charge on any atom is -0.464 e. The number of carbonyl (C=O) groups is 1. The van der Waals surface area contributed by atoms with Crippen LogP contribution in [0, 0.1) is 0 Å². The maximum atomic E-state index is 11.7. The number of hydrogen-bond donors (Lipinski definition) is 1. The first kappa shape index (κ1) is 13.8. The second-order valence-corrected chi connectivity index (χ2v) is 4.48. The van der Waals surface area contributed by atoms with Gasteiger partial charge in [-0.25, -0.2) is 9.78 Å². The zero-order chi connectivity index (χ0) is 15.5. The number of oxime groups is 1. The minimum atomic E-state index is -0.751. The molecule has 22 heavy (non-hydrogen) atoms. The molecule has 1 aromatic heterocycles. The SMILES string of the molecule is COC(=O)C(=NO)c1cccc2oc(-c3ccccc3)nc12. The fourth-order valence-corrected chi connectivity index (χ4v) is 2.15. The maximum absolute atomic E-state index is 11.7. The molecule has 110 valence electrons. The predicted molar refractivity (Wildman–Crippen MR) is 79.8 cm³/mol. The van der Waals surface area contributed by atoms with E-state index in [-0.39, 0.29) is 5.71 Å². The third kappa shape index (κ3) is 2.31. The van der Waals surface area contributed by atoms with Crippen molar-refractivity contribution in [3.05, 3.63) is 54.1 Å². The molecule has 0 bridgehead atoms. The van der Waals surface area contributed by atoms with E-state index in [2.05, 4.69) is 14.9 Å². The van der Waals surface area contributed by atoms with Crippen molar-refractivity contribution < 1.29 is 19.2 Å². The molecule has 1 heterocycles. The van der Waals surface area contributed by atoms with Crippen molar-refractivity contribution >= 4 is 22.8 Å². The number of oxazole rings is 1. The van der Waals surface area contributed by atoms with Crippen molar-refractivity contribution in [3.8, 4) is 11.5 Å². The fraction of sp³-hybridized carbons (Fsp3) is 0.0625. The van der Waals surface area contributed by atoms with Crippen LogP contribution in [0.3, 0.4) is 0 Å². The highest BCUT2D eigenvalue weighted by Crippen LogP contribution is 2.26. The van der Waals surface area contributed by atoms with E-state index in [1.165, 1.54) is 7.11 Å². The quantitative estimate of drug-likeness (QED) is 0.347. The standard InChI is InChI=1S/C16H12N2O4/c1-21-16(19)14(18-20)11-8-5-9-12-13(11)17-15(22-12)10-6-3-2-4-7-10/h2-9,20H,1H3. The topological polar surface area (TPSA) is 84.9 Å². The Kier molecular flexibility index (Phi) is 3.57. The predicted octanol–water partition coefficient (Wildman–Crippen LogP) is 2.85. The normalized spacial score (nSPS) is 11.6. The van der Waals surface area contributed by atoms with Crippen LogP contribution in [0.2, 0.25) is 0 Å². The van der Waals surface area contributed by atoms with E-state index in [0.29, 0.717) is 22.6 Å². The van der Waals surface area contributed by atoms with Gasteiger partial charge in [-0.3, -0.25) is 0 Å². The summed E-state index contributed by atoms with van der Waals surface area (Å²) < 4.78 is 10.3. The van der Waals surface area contributed by atoms with Gasteiger partial charge in [0.05, 0.1) is 7.11 Å². The molecule has 0 saturated carbocycles. The van der Waals surface area contributed by atoms with Gasteiger partial charge in [-0.05, 0) is 24.3 Å². The molecule has 0 unspecified atom stereocenters. The Bertz CT molecular complexity index is 853. The smallest absolute Gasteiger partial charge is 0.360 e. The van der Waals surface area contributed by atoms with Crippen molar-refractivity contribution in [2.24, 2.45) is 5.16 Å². The number of ether oxygens (including phenoxy) is 1. The molecule has 6 nitrogen and oxygen atoms in total. The van der Waals surface area contributed by atoms with Gasteiger partial charge in [0.2, 0.25) is 5.89 Å². The number of esters is 1. The highest BCUT2D eigenvalue weighted by molar-refractivity contribution is 6.45. The first-order valence-electron chi connectivity index (χ1n) is 6.50. The number of para-hydroxylation sites is 1. The zero-order valence-electron chi connectivity index (χ0n) is 11.7. The van der Waals surface area contributed by atoms with Crippen molar-refractivity contribution in [2.45, 2.75) is 0 Å². The molecule has 0 aliphatic carbocycles. The number of aromatic nitrogens is 1. The van der Waals surface area contributed by atoms with Gasteiger partial charge in [0.15, 0.2) is 11.3 Å². The van der Waals surface area contributed by atoms with Crippen molar-refractivity contribution in [1.29, 1.82) is 0 Å². The summed E-state index contributed by atoms with van der Waals surface area (Å²) in [4.78, 5) is 16.1. The Balaban J connectivity index is 2.18. The first-order valence-corrected chi connectivity index (χ1v) is 6.50. The summed E-state index contributed by atoms with van der Waals surface area (Å²) in [5.41, 5.74) is 1.85. The van der Waals surface area contributed by atoms with Gasteiger partial charge in [0.1, 0.15) is 5.52 Å². The second kappa shape index (κ2) is 5.69. The monoisotopic (exact) mass is 296 g/mol. The summed E-state index contributed by atoms with van der Waals surface area (Å²) in [5.74, 6) is -0.329. The van der Waals surface area contributed by atoms with E-state index in [1.807, 2.05) is 30.3 Å². The third-order valence-electron chi connectivity index (χ3n) is 3.17. The molecule has 0 amide bonds. The number of benzene rings is 2. The average molecular weight is 296 g/mol. The second-order valence-electron chi connectivity index (χ2n) is 4.48. The highest BCUT2D eigenvalue weighted by atomic mass is 16.5. The van der Waals surface area contributed by atoms with Gasteiger partial charge in [0, 0.05) is 11.1 Å². The summed E-state index contributed by atoms with van der Waals surface area (Å²) in [6, 6.07) is 14.4. The Morgan fingerprint density at radius 3 is 2.64 bits per heavy atom. The minimum absolute atomic E-state index is 0.221. The molecule has 3 rings (SSSR count). The van der Waals surface area contributed by atoms with E-state index in [0.717, 1.165) is 5.56 Å². The molecule has 0 fully saturated rings. The van der Waals surface area contributed by atoms with Gasteiger partial charge in [-0.1, -0.05) is 29.4 Å². The molecule has 0 aliphatic heterocycles. The molecule has 0 saturated heterocycles. The summed E-state index contributed by atoms with van der Waals surface area (Å²) >= 11 is 0. The van der Waals surface area contributed by atoms with Crippen LogP contribution in [0.5, 0.6) is 0 Å². The lowest BCUT2D eigenvalue weighted by molar-refractivity contribution is -0.132. The number of rotatable bonds is 3. The van der Waals surface area contributed by atoms with E-state index in [9.17, 15) is 4.79 Å². The van der Waals surface area contributed by atoms with Crippen LogP contribution < -0.4 is 0 Å². The van der Waals surface area contributed by atoms with Gasteiger partial charge < -0.3 is 14.4 Å². The lowest BCUT2D eigenvalue weighted by Crippen LogP contribution is -2.17. The summed E-state index contributed by atoms with van der Waals surface area (Å²) in [7, 11) is 1.21. The Morgan fingerprint density at radius 2 is 1.95 bits per heavy atom. The number of fused-ring (bicyclic) bond motifs is 1. The molecule has 0 radical (unpaired) electrons. The summed E-state index contributed by atoms with van der Waals surface area (Å²) in [6.07, 6.45) is 0. The van der Waals surface area contributed by atoms with Gasteiger partial charge in [-0.2, -0.15) is 0 Å². The molecular weight excluding hydrogens is 284 g/mol. The number of nitrogens with zero attached hydrogens (tertiary/aromatic N) is 2. The van der Waals surface area contributed by atoms with Crippen LogP contribution in [0.4, 0.5) is 0 Å². The van der Waals surface area contributed by atoms with Gasteiger partial charge >= 0.3 is 5.97 Å². The molecule has 6 heteroatoms. The van der Waals surface area contributed by atoms with Crippen molar-refractivity contribution in [3.63, 3.8) is 0 Å². The molecule has 2 aromatic carbocycles. The van der Waals surface area contributed by atoms with E-state index >= 15 is 0 Å². The number of methoxy groups -OCH3 is 1. The Morgan fingerprint density at radius 1 is 1.18 bits per heavy atom. The molecule has 0 spiro atoms. The van der Waals surface area contributed by atoms with Gasteiger partial charge in [0.25, 0.3) is 0 Å². The lowest BCUT2D eigenvalue weighted by atomic mass is 10.1. The summed E-state index contributed by atoms with van der Waals surface area (Å²) in [5, 5.41) is 12.1. The third-order valence-corrected chi connectivity index (χ3v) is 3.17. The number of carbonyl (C=O) groups excluding carboxylic acids is 1. The first-order chi connectivity index (χ1) is 10.7. The van der Waals surface area contributed by atoms with E-state index in [1.54, 1.807) is 18.2 Å². The molecule has 0 aliphatic rings. The Hall–Kier alpha value is -3.15. The molecular formula is C16H12N2O4. The number of hydrogen-bond acceptors (Lipinski definition) is 6. The summed E-state index contributed by atoms with van der Waals surface area (Å²) in [6.45, 7) is 0. The molecule has 1 N–H and O–H groups in total. The van der Waals surface area contributed by atoms with Gasteiger partial charge in [-0.15, -0.1) is 0 Å². The Labute approximate surface area is 125 Å². The van der Waals surface area contributed by atoms with Crippen molar-refractivity contribution in [2.75, 3.05) is 7.11 Å². The molecule has 0 atom stereocenters. The largest absolute Gasteiger partial charge is 0.464 e. The van der Waals surface area contributed by atoms with Crippen LogP contribution in [0.15, 0.2) is 58.1 Å². The lowest BCUT2D eigenvalue weighted by Gasteiger charge is -2.02. The van der Waals surface area contributed by atoms with Crippen LogP contribution in [0.25, 0.3) is 22.6 Å². The highest BCUT2D eigenvalue weighted by Gasteiger charge is 2.21. The fourth-order valence-electron chi connectivity index (χ4n) is 2.15. The van der Waals surface area contributed by atoms with Crippen LogP contribution in [-0.2, 0) is 9.53 Å². The zero-order valence-corrected chi connectivity index (χ0v) is 11.7. The van der Waals surface area contributed by atoms with E-state index < -0.39 is 5.97 Å². The van der Waals surface area contributed by atoms with E-state index in [4.69, 9.17) is 9.62 Å². The van der Waals surface area contributed by atoms with Crippen molar-refractivity contribution in [1.82, 2.24) is 4.98 Å². The maximum Gasteiger partial charge on any atom is 0.360 e.